The number of piperidine rings is 1. The van der Waals surface area contributed by atoms with Crippen molar-refractivity contribution < 1.29 is 9.53 Å². The van der Waals surface area contributed by atoms with Gasteiger partial charge in [0.05, 0.1) is 22.8 Å². The summed E-state index contributed by atoms with van der Waals surface area (Å²) in [5.41, 5.74) is 3.15. The van der Waals surface area contributed by atoms with Crippen LogP contribution in [0.4, 0.5) is 5.82 Å². The van der Waals surface area contributed by atoms with Crippen molar-refractivity contribution in [2.45, 2.75) is 38.9 Å². The maximum absolute atomic E-state index is 12.7. The zero-order valence-electron chi connectivity index (χ0n) is 19.7. The molecule has 2 N–H and O–H groups in total. The van der Waals surface area contributed by atoms with Crippen LogP contribution in [0.1, 0.15) is 29.7 Å². The highest BCUT2D eigenvalue weighted by atomic mass is 16.5. The van der Waals surface area contributed by atoms with E-state index in [0.717, 1.165) is 54.6 Å². The SMILES string of the molecule is Cc1cc(=O)n(CCN2CCC(NCc3ccc4c(n3)NC(=O)CO4)CC2)c2cc(C#N)ccc12. The van der Waals surface area contributed by atoms with Crippen molar-refractivity contribution in [2.24, 2.45) is 0 Å². The number of aromatic nitrogens is 2. The Bertz CT molecular complexity index is 1370. The Morgan fingerprint density at radius 1 is 1.17 bits per heavy atom. The molecule has 5 rings (SSSR count). The highest BCUT2D eigenvalue weighted by Crippen LogP contribution is 2.25. The number of nitriles is 1. The highest BCUT2D eigenvalue weighted by Gasteiger charge is 2.21. The number of anilines is 1. The number of hydrogen-bond donors (Lipinski definition) is 2. The van der Waals surface area contributed by atoms with E-state index in [0.29, 0.717) is 36.3 Å². The molecule has 9 nitrogen and oxygen atoms in total. The summed E-state index contributed by atoms with van der Waals surface area (Å²) in [6, 6.07) is 13.5. The van der Waals surface area contributed by atoms with E-state index in [2.05, 4.69) is 26.6 Å². The van der Waals surface area contributed by atoms with Gasteiger partial charge < -0.3 is 24.8 Å². The topological polar surface area (TPSA) is 112 Å². The summed E-state index contributed by atoms with van der Waals surface area (Å²) in [7, 11) is 0. The van der Waals surface area contributed by atoms with E-state index in [9.17, 15) is 14.9 Å². The Hall–Kier alpha value is -3.74. The molecule has 4 heterocycles. The number of ether oxygens (including phenoxy) is 1. The lowest BCUT2D eigenvalue weighted by atomic mass is 10.0. The second-order valence-corrected chi connectivity index (χ2v) is 9.14. The monoisotopic (exact) mass is 472 g/mol. The van der Waals surface area contributed by atoms with Crippen LogP contribution in [0, 0.1) is 18.3 Å². The van der Waals surface area contributed by atoms with Crippen LogP contribution in [0.3, 0.4) is 0 Å². The van der Waals surface area contributed by atoms with Crippen LogP contribution < -0.4 is 20.9 Å². The summed E-state index contributed by atoms with van der Waals surface area (Å²) in [5.74, 6) is 0.899. The number of aryl methyl sites for hydroxylation is 1. The van der Waals surface area contributed by atoms with E-state index >= 15 is 0 Å². The third kappa shape index (κ3) is 5.04. The molecule has 2 aliphatic rings. The summed E-state index contributed by atoms with van der Waals surface area (Å²) < 4.78 is 7.15. The molecule has 1 amide bonds. The molecule has 9 heteroatoms. The van der Waals surface area contributed by atoms with Crippen LogP contribution in [0.25, 0.3) is 10.9 Å². The van der Waals surface area contributed by atoms with E-state index in [4.69, 9.17) is 4.74 Å². The molecule has 0 unspecified atom stereocenters. The zero-order valence-corrected chi connectivity index (χ0v) is 19.7. The van der Waals surface area contributed by atoms with E-state index in [1.54, 1.807) is 16.7 Å². The van der Waals surface area contributed by atoms with Crippen molar-refractivity contribution in [3.63, 3.8) is 0 Å². The highest BCUT2D eigenvalue weighted by molar-refractivity contribution is 5.94. The molecule has 35 heavy (non-hydrogen) atoms. The van der Waals surface area contributed by atoms with Crippen molar-refractivity contribution in [1.29, 1.82) is 5.26 Å². The van der Waals surface area contributed by atoms with Crippen molar-refractivity contribution in [3.05, 3.63) is 63.6 Å². The Morgan fingerprint density at radius 3 is 2.80 bits per heavy atom. The fraction of sp³-hybridized carbons (Fsp3) is 0.385. The number of pyridine rings is 2. The summed E-state index contributed by atoms with van der Waals surface area (Å²) in [6.45, 7) is 5.85. The first-order valence-corrected chi connectivity index (χ1v) is 11.9. The first kappa shape index (κ1) is 23.0. The Morgan fingerprint density at radius 2 is 2.00 bits per heavy atom. The first-order valence-electron chi connectivity index (χ1n) is 11.9. The number of carbonyl (C=O) groups is 1. The second kappa shape index (κ2) is 9.86. The minimum absolute atomic E-state index is 0.0271. The fourth-order valence-corrected chi connectivity index (χ4v) is 4.80. The Balaban J connectivity index is 1.15. The fourth-order valence-electron chi connectivity index (χ4n) is 4.80. The number of benzene rings is 1. The van der Waals surface area contributed by atoms with Gasteiger partial charge in [0.15, 0.2) is 18.2 Å². The average molecular weight is 473 g/mol. The standard InChI is InChI=1S/C26H28N6O3/c1-17-12-25(34)32(22-13-18(14-27)2-4-21(17)22)11-10-31-8-6-19(7-9-31)28-15-20-3-5-23-26(29-20)30-24(33)16-35-23/h2-5,12-13,19,28H,6-11,15-16H2,1H3,(H,29,30,33). The van der Waals surface area contributed by atoms with Crippen molar-refractivity contribution in [2.75, 3.05) is 31.6 Å². The summed E-state index contributed by atoms with van der Waals surface area (Å²) in [5, 5.41) is 16.6. The number of fused-ring (bicyclic) bond motifs is 2. The number of nitrogens with one attached hydrogen (secondary N) is 2. The average Bonchev–Trinajstić information content (AvgIpc) is 2.87. The molecule has 1 aromatic carbocycles. The minimum atomic E-state index is -0.186. The van der Waals surface area contributed by atoms with E-state index < -0.39 is 0 Å². The molecule has 1 fully saturated rings. The molecule has 2 aromatic heterocycles. The van der Waals surface area contributed by atoms with Crippen LogP contribution in [0.15, 0.2) is 41.2 Å². The minimum Gasteiger partial charge on any atom is -0.480 e. The third-order valence-corrected chi connectivity index (χ3v) is 6.78. The van der Waals surface area contributed by atoms with Gasteiger partial charge in [-0.2, -0.15) is 5.26 Å². The molecule has 1 saturated heterocycles. The number of likely N-dealkylation sites (tertiary alicyclic amines) is 1. The van der Waals surface area contributed by atoms with Crippen LogP contribution in [0.2, 0.25) is 0 Å². The number of hydrogen-bond acceptors (Lipinski definition) is 7. The normalized spacial score (nSPS) is 16.4. The lowest BCUT2D eigenvalue weighted by Gasteiger charge is -2.32. The lowest BCUT2D eigenvalue weighted by Crippen LogP contribution is -2.43. The number of rotatable bonds is 6. The molecule has 0 aliphatic carbocycles. The maximum Gasteiger partial charge on any atom is 0.263 e. The van der Waals surface area contributed by atoms with Gasteiger partial charge in [0.2, 0.25) is 0 Å². The third-order valence-electron chi connectivity index (χ3n) is 6.78. The predicted octanol–water partition coefficient (Wildman–Crippen LogP) is 2.16. The van der Waals surface area contributed by atoms with E-state index in [1.807, 2.05) is 31.2 Å². The van der Waals surface area contributed by atoms with Crippen LogP contribution in [-0.4, -0.2) is 52.6 Å². The van der Waals surface area contributed by atoms with Gasteiger partial charge in [0.1, 0.15) is 0 Å². The summed E-state index contributed by atoms with van der Waals surface area (Å²) in [4.78, 5) is 31.1. The summed E-state index contributed by atoms with van der Waals surface area (Å²) in [6.07, 6.45) is 2.01. The molecule has 0 atom stereocenters. The molecule has 180 valence electrons. The number of nitrogens with zero attached hydrogens (tertiary/aromatic N) is 4. The Kier molecular flexibility index (Phi) is 6.49. The van der Waals surface area contributed by atoms with Crippen molar-refractivity contribution in [3.8, 4) is 11.8 Å². The largest absolute Gasteiger partial charge is 0.480 e. The molecular formula is C26H28N6O3. The molecule has 0 bridgehead atoms. The van der Waals surface area contributed by atoms with Gasteiger partial charge in [0, 0.05) is 37.1 Å². The molecule has 0 spiro atoms. The summed E-state index contributed by atoms with van der Waals surface area (Å²) >= 11 is 0. The predicted molar refractivity (Wildman–Crippen MR) is 132 cm³/mol. The van der Waals surface area contributed by atoms with Crippen LogP contribution >= 0.6 is 0 Å². The molecule has 0 saturated carbocycles. The van der Waals surface area contributed by atoms with Gasteiger partial charge in [-0.1, -0.05) is 6.07 Å². The number of carbonyl (C=O) groups excluding carboxylic acids is 1. The van der Waals surface area contributed by atoms with Gasteiger partial charge in [-0.15, -0.1) is 0 Å². The van der Waals surface area contributed by atoms with Crippen LogP contribution in [0.5, 0.6) is 5.75 Å². The first-order chi connectivity index (χ1) is 17.0. The molecule has 0 radical (unpaired) electrons. The number of amides is 1. The lowest BCUT2D eigenvalue weighted by molar-refractivity contribution is -0.118. The Labute approximate surface area is 203 Å². The van der Waals surface area contributed by atoms with E-state index in [-0.39, 0.29) is 18.1 Å². The van der Waals surface area contributed by atoms with Gasteiger partial charge in [-0.25, -0.2) is 4.98 Å². The quantitative estimate of drug-likeness (QED) is 0.565. The van der Waals surface area contributed by atoms with Crippen molar-refractivity contribution >= 4 is 22.6 Å². The maximum atomic E-state index is 12.7. The van der Waals surface area contributed by atoms with Crippen LogP contribution in [-0.2, 0) is 17.9 Å². The second-order valence-electron chi connectivity index (χ2n) is 9.14. The smallest absolute Gasteiger partial charge is 0.263 e. The zero-order chi connectivity index (χ0) is 24.4. The van der Waals surface area contributed by atoms with Gasteiger partial charge in [0.25, 0.3) is 11.5 Å². The van der Waals surface area contributed by atoms with Gasteiger partial charge in [-0.05, 0) is 62.7 Å². The van der Waals surface area contributed by atoms with Gasteiger partial charge >= 0.3 is 0 Å². The molecular weight excluding hydrogens is 444 g/mol. The van der Waals surface area contributed by atoms with Crippen molar-refractivity contribution in [1.82, 2.24) is 19.8 Å². The molecule has 3 aromatic rings. The molecule has 2 aliphatic heterocycles. The van der Waals surface area contributed by atoms with E-state index in [1.165, 1.54) is 0 Å². The van der Waals surface area contributed by atoms with Gasteiger partial charge in [-0.3, -0.25) is 9.59 Å².